The number of benzene rings is 1. The second-order valence-electron chi connectivity index (χ2n) is 3.30. The number of hydrogen-bond acceptors (Lipinski definition) is 4. The fourth-order valence-electron chi connectivity index (χ4n) is 0.959. The highest BCUT2D eigenvalue weighted by Gasteiger charge is 2.12. The molecule has 0 heterocycles. The SMILES string of the molecule is CC(=O)Oc1ccccc1SC(=O)N(C)C. The Bertz CT molecular complexity index is 404. The zero-order valence-electron chi connectivity index (χ0n) is 9.39. The van der Waals surface area contributed by atoms with Crippen molar-refractivity contribution in [3.05, 3.63) is 24.3 Å². The van der Waals surface area contributed by atoms with Crippen LogP contribution in [0.1, 0.15) is 6.92 Å². The summed E-state index contributed by atoms with van der Waals surface area (Å²) in [7, 11) is 3.34. The largest absolute Gasteiger partial charge is 0.426 e. The molecule has 0 spiro atoms. The molecule has 0 radical (unpaired) electrons. The maximum absolute atomic E-state index is 11.5. The molecule has 16 heavy (non-hydrogen) atoms. The average Bonchev–Trinajstić information content (AvgIpc) is 2.20. The van der Waals surface area contributed by atoms with Crippen LogP contribution in [0.15, 0.2) is 29.2 Å². The van der Waals surface area contributed by atoms with Crippen LogP contribution in [0, 0.1) is 0 Å². The third-order valence-corrected chi connectivity index (χ3v) is 2.76. The normalized spacial score (nSPS) is 9.69. The van der Waals surface area contributed by atoms with Crippen molar-refractivity contribution in [3.8, 4) is 5.75 Å². The molecule has 5 heteroatoms. The second-order valence-corrected chi connectivity index (χ2v) is 4.30. The summed E-state index contributed by atoms with van der Waals surface area (Å²) in [4.78, 5) is 24.5. The maximum atomic E-state index is 11.5. The molecule has 1 aromatic rings. The molecule has 0 atom stereocenters. The summed E-state index contributed by atoms with van der Waals surface area (Å²) in [6.07, 6.45) is 0. The molecule has 0 aliphatic carbocycles. The van der Waals surface area contributed by atoms with Gasteiger partial charge in [-0.25, -0.2) is 0 Å². The number of thioether (sulfide) groups is 1. The minimum Gasteiger partial charge on any atom is -0.426 e. The van der Waals surface area contributed by atoms with Crippen LogP contribution in [0.4, 0.5) is 4.79 Å². The maximum Gasteiger partial charge on any atom is 0.308 e. The lowest BCUT2D eigenvalue weighted by atomic mass is 10.3. The predicted molar refractivity (Wildman–Crippen MR) is 62.7 cm³/mol. The summed E-state index contributed by atoms with van der Waals surface area (Å²) in [5.41, 5.74) is 0. The highest BCUT2D eigenvalue weighted by atomic mass is 32.2. The molecule has 1 rings (SSSR count). The summed E-state index contributed by atoms with van der Waals surface area (Å²) >= 11 is 1.03. The Hall–Kier alpha value is -1.49. The first-order valence-electron chi connectivity index (χ1n) is 4.67. The Labute approximate surface area is 98.6 Å². The van der Waals surface area contributed by atoms with Gasteiger partial charge in [0.25, 0.3) is 5.24 Å². The van der Waals surface area contributed by atoms with E-state index in [0.29, 0.717) is 10.6 Å². The van der Waals surface area contributed by atoms with Gasteiger partial charge in [0.05, 0.1) is 4.90 Å². The van der Waals surface area contributed by atoms with E-state index in [1.807, 2.05) is 0 Å². The zero-order valence-corrected chi connectivity index (χ0v) is 10.2. The van der Waals surface area contributed by atoms with Gasteiger partial charge in [-0.15, -0.1) is 0 Å². The van der Waals surface area contributed by atoms with Crippen molar-refractivity contribution in [2.24, 2.45) is 0 Å². The summed E-state index contributed by atoms with van der Waals surface area (Å²) < 4.78 is 5.00. The number of esters is 1. The quantitative estimate of drug-likeness (QED) is 0.451. The lowest BCUT2D eigenvalue weighted by molar-refractivity contribution is -0.132. The van der Waals surface area contributed by atoms with Gasteiger partial charge in [-0.3, -0.25) is 9.59 Å². The van der Waals surface area contributed by atoms with Crippen LogP contribution in [-0.4, -0.2) is 30.2 Å². The van der Waals surface area contributed by atoms with E-state index >= 15 is 0 Å². The third-order valence-electron chi connectivity index (χ3n) is 1.67. The summed E-state index contributed by atoms with van der Waals surface area (Å²) in [5.74, 6) is 0.0144. The van der Waals surface area contributed by atoms with Crippen molar-refractivity contribution in [1.29, 1.82) is 0 Å². The number of nitrogens with zero attached hydrogens (tertiary/aromatic N) is 1. The van der Waals surface area contributed by atoms with Gasteiger partial charge in [0, 0.05) is 21.0 Å². The lowest BCUT2D eigenvalue weighted by Gasteiger charge is -2.11. The first-order valence-corrected chi connectivity index (χ1v) is 5.49. The number of carbonyl (C=O) groups is 2. The summed E-state index contributed by atoms with van der Waals surface area (Å²) in [5, 5.41) is -0.111. The molecule has 0 N–H and O–H groups in total. The van der Waals surface area contributed by atoms with E-state index in [9.17, 15) is 9.59 Å². The Morgan fingerprint density at radius 3 is 2.44 bits per heavy atom. The number of carbonyl (C=O) groups excluding carboxylic acids is 2. The molecule has 0 fully saturated rings. The fourth-order valence-corrected chi connectivity index (χ4v) is 1.69. The molecular weight excluding hydrogens is 226 g/mol. The van der Waals surface area contributed by atoms with Crippen LogP contribution in [0.2, 0.25) is 0 Å². The van der Waals surface area contributed by atoms with E-state index in [2.05, 4.69) is 0 Å². The van der Waals surface area contributed by atoms with Crippen molar-refractivity contribution in [2.45, 2.75) is 11.8 Å². The standard InChI is InChI=1S/C11H13NO3S/c1-8(13)15-9-6-4-5-7-10(9)16-11(14)12(2)3/h4-7H,1-3H3. The van der Waals surface area contributed by atoms with Crippen LogP contribution in [0.25, 0.3) is 0 Å². The van der Waals surface area contributed by atoms with Crippen molar-refractivity contribution in [3.63, 3.8) is 0 Å². The van der Waals surface area contributed by atoms with Crippen molar-refractivity contribution >= 4 is 23.0 Å². The van der Waals surface area contributed by atoms with Gasteiger partial charge in [0.1, 0.15) is 5.75 Å². The molecular formula is C11H13NO3S. The van der Waals surface area contributed by atoms with Gasteiger partial charge in [-0.2, -0.15) is 0 Å². The number of para-hydroxylation sites is 1. The molecule has 86 valence electrons. The average molecular weight is 239 g/mol. The van der Waals surface area contributed by atoms with Crippen LogP contribution >= 0.6 is 11.8 Å². The molecule has 1 amide bonds. The Morgan fingerprint density at radius 2 is 1.88 bits per heavy atom. The number of amides is 1. The molecule has 0 saturated heterocycles. The fraction of sp³-hybridized carbons (Fsp3) is 0.273. The molecule has 0 bridgehead atoms. The van der Waals surface area contributed by atoms with Gasteiger partial charge in [-0.05, 0) is 23.9 Å². The smallest absolute Gasteiger partial charge is 0.308 e. The van der Waals surface area contributed by atoms with E-state index in [-0.39, 0.29) is 5.24 Å². The van der Waals surface area contributed by atoms with E-state index in [0.717, 1.165) is 11.8 Å². The Kier molecular flexibility index (Phi) is 4.37. The van der Waals surface area contributed by atoms with E-state index in [1.165, 1.54) is 11.8 Å². The molecule has 0 aliphatic rings. The van der Waals surface area contributed by atoms with Crippen LogP contribution in [0.5, 0.6) is 5.75 Å². The third kappa shape index (κ3) is 3.58. The van der Waals surface area contributed by atoms with Gasteiger partial charge in [-0.1, -0.05) is 12.1 Å². The molecule has 0 saturated carbocycles. The Morgan fingerprint density at radius 1 is 1.25 bits per heavy atom. The first kappa shape index (κ1) is 12.6. The van der Waals surface area contributed by atoms with Gasteiger partial charge >= 0.3 is 5.97 Å². The van der Waals surface area contributed by atoms with E-state index in [1.54, 1.807) is 38.4 Å². The minimum absolute atomic E-state index is 0.111. The number of hydrogen-bond donors (Lipinski definition) is 0. The van der Waals surface area contributed by atoms with Crippen molar-refractivity contribution in [2.75, 3.05) is 14.1 Å². The van der Waals surface area contributed by atoms with Crippen LogP contribution < -0.4 is 4.74 Å². The van der Waals surface area contributed by atoms with Gasteiger partial charge in [0.15, 0.2) is 0 Å². The van der Waals surface area contributed by atoms with Gasteiger partial charge < -0.3 is 9.64 Å². The number of ether oxygens (including phenoxy) is 1. The molecule has 0 aliphatic heterocycles. The van der Waals surface area contributed by atoms with Crippen LogP contribution in [-0.2, 0) is 4.79 Å². The Balaban J connectivity index is 2.86. The van der Waals surface area contributed by atoms with E-state index < -0.39 is 5.97 Å². The van der Waals surface area contributed by atoms with E-state index in [4.69, 9.17) is 4.74 Å². The summed E-state index contributed by atoms with van der Waals surface area (Å²) in [6, 6.07) is 6.94. The first-order chi connectivity index (χ1) is 7.50. The van der Waals surface area contributed by atoms with Crippen molar-refractivity contribution in [1.82, 2.24) is 4.90 Å². The predicted octanol–water partition coefficient (Wildman–Crippen LogP) is 2.39. The molecule has 4 nitrogen and oxygen atoms in total. The molecule has 0 unspecified atom stereocenters. The monoisotopic (exact) mass is 239 g/mol. The minimum atomic E-state index is -0.398. The highest BCUT2D eigenvalue weighted by molar-refractivity contribution is 8.13. The second kappa shape index (κ2) is 5.55. The summed E-state index contributed by atoms with van der Waals surface area (Å²) in [6.45, 7) is 1.33. The van der Waals surface area contributed by atoms with Gasteiger partial charge in [0.2, 0.25) is 0 Å². The molecule has 0 aromatic heterocycles. The van der Waals surface area contributed by atoms with Crippen molar-refractivity contribution < 1.29 is 14.3 Å². The van der Waals surface area contributed by atoms with Crippen LogP contribution in [0.3, 0.4) is 0 Å². The zero-order chi connectivity index (χ0) is 12.1. The lowest BCUT2D eigenvalue weighted by Crippen LogP contribution is -2.16. The topological polar surface area (TPSA) is 46.6 Å². The molecule has 1 aromatic carbocycles. The highest BCUT2D eigenvalue weighted by Crippen LogP contribution is 2.30. The number of rotatable bonds is 2.